The van der Waals surface area contributed by atoms with Crippen LogP contribution in [0.4, 0.5) is 18.9 Å². The Morgan fingerprint density at radius 3 is 2.47 bits per heavy atom. The Labute approximate surface area is 188 Å². The van der Waals surface area contributed by atoms with Crippen LogP contribution in [0.15, 0.2) is 30.5 Å². The SMILES string of the molecule is OC1CCC(Nc2ccc(-c3ccn4c(CC5CC5)nnc4c3C(F)(F)F)cc2Cl)CC1. The number of hydrogen-bond acceptors (Lipinski definition) is 4. The van der Waals surface area contributed by atoms with E-state index < -0.39 is 11.7 Å². The maximum absolute atomic E-state index is 14.1. The van der Waals surface area contributed by atoms with Crippen molar-refractivity contribution in [1.29, 1.82) is 0 Å². The molecule has 2 saturated carbocycles. The average molecular weight is 465 g/mol. The third kappa shape index (κ3) is 4.30. The summed E-state index contributed by atoms with van der Waals surface area (Å²) in [5, 5.41) is 21.3. The Kier molecular flexibility index (Phi) is 5.53. The van der Waals surface area contributed by atoms with Crippen LogP contribution in [0.2, 0.25) is 5.02 Å². The molecule has 2 fully saturated rings. The van der Waals surface area contributed by atoms with E-state index in [2.05, 4.69) is 15.5 Å². The number of alkyl halides is 3. The topological polar surface area (TPSA) is 62.5 Å². The molecule has 0 saturated heterocycles. The molecule has 0 atom stereocenters. The summed E-state index contributed by atoms with van der Waals surface area (Å²) in [6.45, 7) is 0. The Morgan fingerprint density at radius 2 is 1.81 bits per heavy atom. The monoisotopic (exact) mass is 464 g/mol. The number of nitrogens with one attached hydrogen (secondary N) is 1. The summed E-state index contributed by atoms with van der Waals surface area (Å²) in [6.07, 6.45) is 2.67. The fourth-order valence-electron chi connectivity index (χ4n) is 4.48. The van der Waals surface area contributed by atoms with E-state index in [-0.39, 0.29) is 23.4 Å². The number of aromatic nitrogens is 3. The van der Waals surface area contributed by atoms with Gasteiger partial charge in [0.25, 0.3) is 0 Å². The smallest absolute Gasteiger partial charge is 0.393 e. The summed E-state index contributed by atoms with van der Waals surface area (Å²) >= 11 is 6.45. The second-order valence-electron chi connectivity index (χ2n) is 8.90. The molecule has 2 aromatic heterocycles. The van der Waals surface area contributed by atoms with Crippen LogP contribution < -0.4 is 5.32 Å². The zero-order chi connectivity index (χ0) is 22.5. The molecule has 2 N–H and O–H groups in total. The first-order valence-corrected chi connectivity index (χ1v) is 11.4. The number of aliphatic hydroxyl groups excluding tert-OH is 1. The highest BCUT2D eigenvalue weighted by Gasteiger charge is 2.38. The van der Waals surface area contributed by atoms with Gasteiger partial charge in [-0.1, -0.05) is 17.7 Å². The van der Waals surface area contributed by atoms with Crippen LogP contribution >= 0.6 is 11.6 Å². The first-order valence-electron chi connectivity index (χ1n) is 11.0. The van der Waals surface area contributed by atoms with E-state index >= 15 is 0 Å². The summed E-state index contributed by atoms with van der Waals surface area (Å²) in [4.78, 5) is 0. The minimum Gasteiger partial charge on any atom is -0.393 e. The van der Waals surface area contributed by atoms with Crippen molar-refractivity contribution in [1.82, 2.24) is 14.6 Å². The van der Waals surface area contributed by atoms with Crippen molar-refractivity contribution >= 4 is 22.9 Å². The van der Waals surface area contributed by atoms with Gasteiger partial charge in [0, 0.05) is 18.7 Å². The van der Waals surface area contributed by atoms with Gasteiger partial charge in [-0.3, -0.25) is 4.40 Å². The summed E-state index contributed by atoms with van der Waals surface area (Å²) < 4.78 is 43.8. The van der Waals surface area contributed by atoms with Crippen LogP contribution in [0, 0.1) is 5.92 Å². The average Bonchev–Trinajstić information content (AvgIpc) is 3.48. The van der Waals surface area contributed by atoms with Gasteiger partial charge in [0.2, 0.25) is 0 Å². The van der Waals surface area contributed by atoms with E-state index in [0.717, 1.165) is 38.5 Å². The van der Waals surface area contributed by atoms with E-state index in [1.807, 2.05) is 0 Å². The number of pyridine rings is 1. The predicted molar refractivity (Wildman–Crippen MR) is 117 cm³/mol. The Balaban J connectivity index is 1.49. The lowest BCUT2D eigenvalue weighted by atomic mass is 9.93. The van der Waals surface area contributed by atoms with Crippen molar-refractivity contribution in [2.24, 2.45) is 5.92 Å². The summed E-state index contributed by atoms with van der Waals surface area (Å²) in [5.41, 5.74) is 0.115. The highest BCUT2D eigenvalue weighted by Crippen LogP contribution is 2.41. The van der Waals surface area contributed by atoms with Crippen LogP contribution in [0.3, 0.4) is 0 Å². The second-order valence-corrected chi connectivity index (χ2v) is 9.31. The molecule has 5 rings (SSSR count). The molecular weight excluding hydrogens is 441 g/mol. The third-order valence-electron chi connectivity index (χ3n) is 6.44. The predicted octanol–water partition coefficient (Wildman–Crippen LogP) is 5.74. The lowest BCUT2D eigenvalue weighted by Gasteiger charge is -2.27. The van der Waals surface area contributed by atoms with Crippen molar-refractivity contribution in [2.75, 3.05) is 5.32 Å². The minimum atomic E-state index is -4.59. The molecule has 0 radical (unpaired) electrons. The molecule has 0 spiro atoms. The maximum atomic E-state index is 14.1. The molecule has 0 bridgehead atoms. The van der Waals surface area contributed by atoms with Gasteiger partial charge >= 0.3 is 6.18 Å². The van der Waals surface area contributed by atoms with Crippen LogP contribution in [0.25, 0.3) is 16.8 Å². The molecule has 9 heteroatoms. The molecule has 32 heavy (non-hydrogen) atoms. The van der Waals surface area contributed by atoms with Crippen molar-refractivity contribution in [3.8, 4) is 11.1 Å². The van der Waals surface area contributed by atoms with E-state index in [9.17, 15) is 18.3 Å². The van der Waals surface area contributed by atoms with Crippen molar-refractivity contribution < 1.29 is 18.3 Å². The van der Waals surface area contributed by atoms with Crippen LogP contribution in [0.1, 0.15) is 49.9 Å². The summed E-state index contributed by atoms with van der Waals surface area (Å²) in [7, 11) is 0. The zero-order valence-electron chi connectivity index (χ0n) is 17.4. The highest BCUT2D eigenvalue weighted by molar-refractivity contribution is 6.33. The first-order chi connectivity index (χ1) is 15.3. The number of rotatable bonds is 5. The lowest BCUT2D eigenvalue weighted by Crippen LogP contribution is -2.28. The number of anilines is 1. The number of hydrogen-bond donors (Lipinski definition) is 2. The van der Waals surface area contributed by atoms with Gasteiger partial charge in [-0.05, 0) is 73.8 Å². The van der Waals surface area contributed by atoms with Gasteiger partial charge in [0.15, 0.2) is 5.65 Å². The number of halogens is 4. The first kappa shape index (κ1) is 21.5. The quantitative estimate of drug-likeness (QED) is 0.505. The Hall–Kier alpha value is -2.32. The van der Waals surface area contributed by atoms with E-state index in [1.165, 1.54) is 10.5 Å². The number of benzene rings is 1. The molecule has 2 aliphatic rings. The van der Waals surface area contributed by atoms with Gasteiger partial charge in [-0.25, -0.2) is 0 Å². The number of nitrogens with zero attached hydrogens (tertiary/aromatic N) is 3. The minimum absolute atomic E-state index is 0.0320. The summed E-state index contributed by atoms with van der Waals surface area (Å²) in [5.74, 6) is 1.05. The van der Waals surface area contributed by atoms with E-state index in [4.69, 9.17) is 11.6 Å². The number of aliphatic hydroxyl groups is 1. The normalized spacial score (nSPS) is 21.8. The zero-order valence-corrected chi connectivity index (χ0v) is 18.1. The fourth-order valence-corrected chi connectivity index (χ4v) is 4.72. The van der Waals surface area contributed by atoms with Crippen LogP contribution in [-0.4, -0.2) is 31.9 Å². The third-order valence-corrected chi connectivity index (χ3v) is 6.75. The van der Waals surface area contributed by atoms with Crippen molar-refractivity contribution in [2.45, 2.75) is 63.3 Å². The molecule has 2 aliphatic carbocycles. The van der Waals surface area contributed by atoms with Gasteiger partial charge < -0.3 is 10.4 Å². The summed E-state index contributed by atoms with van der Waals surface area (Å²) in [6, 6.07) is 6.58. The van der Waals surface area contributed by atoms with Gasteiger partial charge in [0.05, 0.1) is 16.8 Å². The van der Waals surface area contributed by atoms with Crippen molar-refractivity contribution in [3.63, 3.8) is 0 Å². The molecule has 1 aromatic carbocycles. The van der Waals surface area contributed by atoms with Gasteiger partial charge in [-0.2, -0.15) is 13.2 Å². The van der Waals surface area contributed by atoms with E-state index in [1.54, 1.807) is 24.4 Å². The molecule has 0 aliphatic heterocycles. The molecule has 2 heterocycles. The molecule has 0 amide bonds. The Bertz CT molecular complexity index is 1130. The Morgan fingerprint density at radius 1 is 1.06 bits per heavy atom. The highest BCUT2D eigenvalue weighted by atomic mass is 35.5. The fraction of sp³-hybridized carbons (Fsp3) is 0.478. The van der Waals surface area contributed by atoms with E-state index in [0.29, 0.717) is 34.4 Å². The number of fused-ring (bicyclic) bond motifs is 1. The van der Waals surface area contributed by atoms with Crippen LogP contribution in [0.5, 0.6) is 0 Å². The molecule has 5 nitrogen and oxygen atoms in total. The van der Waals surface area contributed by atoms with Gasteiger partial charge in [0.1, 0.15) is 11.4 Å². The maximum Gasteiger partial charge on any atom is 0.420 e. The van der Waals surface area contributed by atoms with Gasteiger partial charge in [-0.15, -0.1) is 10.2 Å². The molecule has 0 unspecified atom stereocenters. The van der Waals surface area contributed by atoms with Crippen molar-refractivity contribution in [3.05, 3.63) is 46.9 Å². The van der Waals surface area contributed by atoms with Crippen LogP contribution in [-0.2, 0) is 12.6 Å². The second kappa shape index (κ2) is 8.23. The lowest BCUT2D eigenvalue weighted by molar-refractivity contribution is -0.136. The standard InChI is InChI=1S/C23H24ClF3N4O/c24-18-12-14(3-8-19(18)28-15-4-6-16(32)7-5-15)17-9-10-31-20(11-13-1-2-13)29-30-22(31)21(17)23(25,26)27/h3,8-10,12-13,15-16,28,32H,1-2,4-7,11H2. The molecule has 3 aromatic rings. The largest absolute Gasteiger partial charge is 0.420 e. The molecular formula is C23H24ClF3N4O. The molecule has 170 valence electrons.